The second-order valence-electron chi connectivity index (χ2n) is 13.9. The Morgan fingerprint density at radius 2 is 0.772 bits per heavy atom. The van der Waals surface area contributed by atoms with E-state index in [1.165, 1.54) is 0 Å². The van der Waals surface area contributed by atoms with Crippen molar-refractivity contribution in [3.05, 3.63) is 103 Å². The van der Waals surface area contributed by atoms with Gasteiger partial charge in [-0.2, -0.15) is 0 Å². The maximum Gasteiger partial charge on any atom is 0.164 e. The first-order chi connectivity index (χ1) is 27.4. The van der Waals surface area contributed by atoms with Crippen molar-refractivity contribution >= 4 is 166 Å². The Morgan fingerprint density at radius 1 is 0.316 bits per heavy atom. The maximum atomic E-state index is 6.52. The fraction of sp³-hybridized carbons (Fsp3) is 0. The van der Waals surface area contributed by atoms with Crippen LogP contribution < -0.4 is 54.6 Å². The van der Waals surface area contributed by atoms with Crippen molar-refractivity contribution in [1.29, 1.82) is 0 Å². The first-order valence-corrected chi connectivity index (χ1v) is 17.7. The van der Waals surface area contributed by atoms with Gasteiger partial charge in [-0.05, 0) is 69.4 Å². The summed E-state index contributed by atoms with van der Waals surface area (Å²) in [5.74, 6) is 0.880. The molecule has 0 bridgehead atoms. The van der Waals surface area contributed by atoms with Gasteiger partial charge in [-0.1, -0.05) is 88.6 Å². The molecule has 7 aromatic carbocycles. The third kappa shape index (κ3) is 6.12. The quantitative estimate of drug-likeness (QED) is 0.221. The minimum atomic E-state index is 0.0861. The molecule has 0 aliphatic rings. The van der Waals surface area contributed by atoms with Crippen LogP contribution in [0.15, 0.2) is 108 Å². The summed E-state index contributed by atoms with van der Waals surface area (Å²) in [7, 11) is 62.8. The van der Waals surface area contributed by atoms with Crippen molar-refractivity contribution in [2.24, 2.45) is 0 Å². The number of fused-ring (bicyclic) bond motifs is 4. The molecule has 14 heteroatoms. The summed E-state index contributed by atoms with van der Waals surface area (Å²) in [5, 5.41) is 3.89. The molecule has 20 radical (unpaired) electrons. The summed E-state index contributed by atoms with van der Waals surface area (Å²) in [5.41, 5.74) is 7.86. The van der Waals surface area contributed by atoms with E-state index < -0.39 is 0 Å². The van der Waals surface area contributed by atoms with E-state index >= 15 is 0 Å². The largest absolute Gasteiger partial charge is 0.456 e. The van der Waals surface area contributed by atoms with Crippen LogP contribution in [0, 0.1) is 0 Å². The van der Waals surface area contributed by atoms with Gasteiger partial charge in [-0.15, -0.1) is 32.8 Å². The molecule has 2 heterocycles. The summed E-state index contributed by atoms with van der Waals surface area (Å²) in [6.45, 7) is 0. The van der Waals surface area contributed by atoms with Crippen LogP contribution in [-0.2, 0) is 0 Å². The van der Waals surface area contributed by atoms with E-state index in [-0.39, 0.29) is 66.0 Å². The number of hydrogen-bond acceptors (Lipinski definition) is 4. The van der Waals surface area contributed by atoms with Crippen molar-refractivity contribution in [2.45, 2.75) is 0 Å². The molecule has 0 saturated heterocycles. The highest BCUT2D eigenvalue weighted by molar-refractivity contribution is 6.69. The Balaban J connectivity index is 1.16. The Kier molecular flexibility index (Phi) is 9.07. The van der Waals surface area contributed by atoms with Crippen LogP contribution in [0.4, 0.5) is 0 Å². The van der Waals surface area contributed by atoms with Crippen molar-refractivity contribution in [3.8, 4) is 56.4 Å². The summed E-state index contributed by atoms with van der Waals surface area (Å²) < 4.78 is 6.19. The van der Waals surface area contributed by atoms with Crippen LogP contribution in [-0.4, -0.2) is 93.4 Å². The maximum absolute atomic E-state index is 6.52. The topological polar surface area (TPSA) is 51.8 Å². The van der Waals surface area contributed by atoms with Crippen LogP contribution in [0.5, 0.6) is 0 Å². The lowest BCUT2D eigenvalue weighted by Gasteiger charge is -2.21. The second kappa shape index (κ2) is 14.0. The van der Waals surface area contributed by atoms with Crippen molar-refractivity contribution in [3.63, 3.8) is 0 Å². The zero-order valence-electron chi connectivity index (χ0n) is 30.3. The van der Waals surface area contributed by atoms with Crippen LogP contribution in [0.25, 0.3) is 89.1 Å². The Hall–Kier alpha value is -5.74. The van der Waals surface area contributed by atoms with E-state index in [9.17, 15) is 0 Å². The molecule has 0 atom stereocenters. The van der Waals surface area contributed by atoms with E-state index in [4.69, 9.17) is 97.8 Å². The van der Waals surface area contributed by atoms with Gasteiger partial charge >= 0.3 is 0 Å². The molecule has 0 fully saturated rings. The highest BCUT2D eigenvalue weighted by atomic mass is 16.3. The average Bonchev–Trinajstić information content (AvgIpc) is 3.61. The molecule has 0 spiro atoms. The molecule has 9 rings (SSSR count). The molecular weight excluding hydrogens is 683 g/mol. The first-order valence-electron chi connectivity index (χ1n) is 17.7. The molecule has 2 aromatic heterocycles. The number of nitrogens with zero attached hydrogens (tertiary/aromatic N) is 3. The van der Waals surface area contributed by atoms with Gasteiger partial charge in [0.25, 0.3) is 0 Å². The second-order valence-corrected chi connectivity index (χ2v) is 13.9. The standard InChI is InChI=1S/C43H17B10N3O/c44-31-29(32(45)36(49)39(52)35(31)48)22-11-10-20-14-19(8-9-21(20)15-22)18-4-3-5-23(16-18)41-54-42(24-12-13-26-25-6-1-2-7-27(25)57-28(26)17-24)56-43(55-41)30-33(46)37(50)40(53)38(51)34(30)47/h1-17H. The van der Waals surface area contributed by atoms with Gasteiger partial charge in [0.05, 0.1) is 0 Å². The monoisotopic (exact) mass is 701 g/mol. The molecule has 4 nitrogen and oxygen atoms in total. The summed E-state index contributed by atoms with van der Waals surface area (Å²) in [6, 6.07) is 33.5. The Labute approximate surface area is 343 Å². The van der Waals surface area contributed by atoms with Crippen LogP contribution in [0.3, 0.4) is 0 Å². The van der Waals surface area contributed by atoms with E-state index in [0.29, 0.717) is 33.9 Å². The van der Waals surface area contributed by atoms with Crippen LogP contribution >= 0.6 is 0 Å². The van der Waals surface area contributed by atoms with Crippen LogP contribution in [0.1, 0.15) is 0 Å². The normalized spacial score (nSPS) is 11.5. The van der Waals surface area contributed by atoms with Gasteiger partial charge < -0.3 is 4.42 Å². The fourth-order valence-corrected chi connectivity index (χ4v) is 7.28. The molecule has 240 valence electrons. The molecule has 0 aliphatic carbocycles. The van der Waals surface area contributed by atoms with Gasteiger partial charge in [0, 0.05) is 27.5 Å². The highest BCUT2D eigenvalue weighted by Gasteiger charge is 2.20. The average molecular weight is 700 g/mol. The number of hydrogen-bond donors (Lipinski definition) is 0. The predicted octanol–water partition coefficient (Wildman–Crippen LogP) is -0.803. The number of aromatic nitrogens is 3. The van der Waals surface area contributed by atoms with Crippen molar-refractivity contribution < 1.29 is 4.42 Å². The van der Waals surface area contributed by atoms with Crippen molar-refractivity contribution in [1.82, 2.24) is 15.0 Å². The van der Waals surface area contributed by atoms with Gasteiger partial charge in [-0.3, -0.25) is 0 Å². The summed E-state index contributed by atoms with van der Waals surface area (Å²) in [6.07, 6.45) is 0. The molecule has 57 heavy (non-hydrogen) atoms. The molecular formula is C43H17B10N3O. The lowest BCUT2D eigenvalue weighted by Crippen LogP contribution is -2.55. The third-order valence-corrected chi connectivity index (χ3v) is 10.5. The van der Waals surface area contributed by atoms with E-state index in [1.54, 1.807) is 0 Å². The molecule has 0 amide bonds. The highest BCUT2D eigenvalue weighted by Crippen LogP contribution is 2.33. The number of rotatable bonds is 5. The van der Waals surface area contributed by atoms with E-state index in [0.717, 1.165) is 43.8 Å². The smallest absolute Gasteiger partial charge is 0.164 e. The zero-order valence-corrected chi connectivity index (χ0v) is 30.3. The first kappa shape index (κ1) is 36.9. The Morgan fingerprint density at radius 3 is 1.42 bits per heavy atom. The lowest BCUT2D eigenvalue weighted by atomic mass is 9.59. The van der Waals surface area contributed by atoms with Crippen LogP contribution in [0.2, 0.25) is 0 Å². The third-order valence-electron chi connectivity index (χ3n) is 10.5. The van der Waals surface area contributed by atoms with E-state index in [1.807, 2.05) is 97.1 Å². The number of benzene rings is 7. The molecule has 0 unspecified atom stereocenters. The summed E-state index contributed by atoms with van der Waals surface area (Å²) in [4.78, 5) is 14.7. The molecule has 0 aliphatic heterocycles. The van der Waals surface area contributed by atoms with Gasteiger partial charge in [0.15, 0.2) is 17.5 Å². The van der Waals surface area contributed by atoms with Gasteiger partial charge in [0.1, 0.15) is 89.6 Å². The summed E-state index contributed by atoms with van der Waals surface area (Å²) >= 11 is 0. The van der Waals surface area contributed by atoms with Crippen molar-refractivity contribution in [2.75, 3.05) is 0 Å². The Bertz CT molecular complexity index is 3110. The number of para-hydroxylation sites is 1. The predicted molar refractivity (Wildman–Crippen MR) is 246 cm³/mol. The minimum Gasteiger partial charge on any atom is -0.456 e. The van der Waals surface area contributed by atoms with E-state index in [2.05, 4.69) is 6.07 Å². The SMILES string of the molecule is [B]c1c([B])c([B])c(-c2ccc3cc(-c4cccc(-c5nc(-c6ccc7c(c6)oc6ccccc67)nc(-c6c([B])c([B])c([B])c([B])c6[B])n5)c4)ccc3c2)c([B])c1[B]. The van der Waals surface area contributed by atoms with Gasteiger partial charge in [-0.25, -0.2) is 15.0 Å². The van der Waals surface area contributed by atoms with Gasteiger partial charge in [0.2, 0.25) is 0 Å². The molecule has 0 N–H and O–H groups in total. The lowest BCUT2D eigenvalue weighted by molar-refractivity contribution is 0.669. The molecule has 0 saturated carbocycles. The zero-order chi connectivity index (χ0) is 39.9. The minimum absolute atomic E-state index is 0.0861. The molecule has 9 aromatic rings. The fourth-order valence-electron chi connectivity index (χ4n) is 7.28. The number of furan rings is 1.